The highest BCUT2D eigenvalue weighted by molar-refractivity contribution is 6.03. The fraction of sp³-hybridized carbons (Fsp3) is 0.267. The molecule has 1 aromatic rings. The van der Waals surface area contributed by atoms with Gasteiger partial charge in [-0.3, -0.25) is 0 Å². The van der Waals surface area contributed by atoms with Gasteiger partial charge in [-0.2, -0.15) is 0 Å². The second kappa shape index (κ2) is 6.93. The number of aromatic carboxylic acids is 1. The van der Waals surface area contributed by atoms with Crippen LogP contribution in [0.1, 0.15) is 10.4 Å². The largest absolute Gasteiger partial charge is 0.478 e. The summed E-state index contributed by atoms with van der Waals surface area (Å²) in [7, 11) is 2.40. The molecule has 0 fully saturated rings. The van der Waals surface area contributed by atoms with Gasteiger partial charge in [-0.05, 0) is 24.3 Å². The predicted molar refractivity (Wildman–Crippen MR) is 77.8 cm³/mol. The standard InChI is InChI=1S/C15H15NO7/c1-21-14(19)11-7-23-8-16(12(11)15(20)22-2)10-5-3-9(4-6-10)13(17)18/h3-6H,7-8H2,1-2H3,(H,17,18). The molecule has 8 heteroatoms. The van der Waals surface area contributed by atoms with Crippen LogP contribution in [0.3, 0.4) is 0 Å². The molecule has 0 radical (unpaired) electrons. The van der Waals surface area contributed by atoms with Gasteiger partial charge in [0.1, 0.15) is 12.4 Å². The summed E-state index contributed by atoms with van der Waals surface area (Å²) in [5.74, 6) is -2.47. The average Bonchev–Trinajstić information content (AvgIpc) is 2.59. The van der Waals surface area contributed by atoms with Crippen LogP contribution in [0, 0.1) is 0 Å². The number of methoxy groups -OCH3 is 2. The molecule has 0 saturated carbocycles. The lowest BCUT2D eigenvalue weighted by Gasteiger charge is -2.31. The van der Waals surface area contributed by atoms with E-state index in [1.165, 1.54) is 43.4 Å². The molecular formula is C15H15NO7. The number of carbonyl (C=O) groups is 3. The molecule has 0 amide bonds. The number of benzene rings is 1. The fourth-order valence-electron chi connectivity index (χ4n) is 2.13. The first-order chi connectivity index (χ1) is 11.0. The highest BCUT2D eigenvalue weighted by atomic mass is 16.5. The monoisotopic (exact) mass is 321 g/mol. The second-order valence-electron chi connectivity index (χ2n) is 4.57. The maximum Gasteiger partial charge on any atom is 0.355 e. The highest BCUT2D eigenvalue weighted by Crippen LogP contribution is 2.26. The van der Waals surface area contributed by atoms with Crippen LogP contribution in [0.15, 0.2) is 35.5 Å². The molecule has 8 nitrogen and oxygen atoms in total. The lowest BCUT2D eigenvalue weighted by Crippen LogP contribution is -2.38. The summed E-state index contributed by atoms with van der Waals surface area (Å²) in [5.41, 5.74) is 0.626. The lowest BCUT2D eigenvalue weighted by atomic mass is 10.1. The zero-order chi connectivity index (χ0) is 17.0. The molecule has 122 valence electrons. The Bertz CT molecular complexity index is 663. The maximum atomic E-state index is 12.1. The Kier molecular flexibility index (Phi) is 4.97. The van der Waals surface area contributed by atoms with E-state index in [4.69, 9.17) is 14.6 Å². The molecule has 1 aromatic carbocycles. The van der Waals surface area contributed by atoms with Crippen molar-refractivity contribution in [2.75, 3.05) is 32.5 Å². The first-order valence-corrected chi connectivity index (χ1v) is 6.58. The highest BCUT2D eigenvalue weighted by Gasteiger charge is 2.32. The van der Waals surface area contributed by atoms with Crippen molar-refractivity contribution in [2.45, 2.75) is 0 Å². The second-order valence-corrected chi connectivity index (χ2v) is 4.57. The molecule has 0 aliphatic carbocycles. The van der Waals surface area contributed by atoms with Crippen LogP contribution in [-0.4, -0.2) is 50.6 Å². The minimum absolute atomic E-state index is 0.00803. The Hall–Kier alpha value is -2.87. The number of ether oxygens (including phenoxy) is 3. The summed E-state index contributed by atoms with van der Waals surface area (Å²) < 4.78 is 14.7. The molecule has 2 rings (SSSR count). The van der Waals surface area contributed by atoms with E-state index in [0.717, 1.165) is 0 Å². The zero-order valence-corrected chi connectivity index (χ0v) is 12.6. The van der Waals surface area contributed by atoms with Crippen molar-refractivity contribution < 1.29 is 33.7 Å². The lowest BCUT2D eigenvalue weighted by molar-refractivity contribution is -0.140. The number of carboxylic acids is 1. The van der Waals surface area contributed by atoms with Crippen molar-refractivity contribution in [3.05, 3.63) is 41.1 Å². The third-order valence-electron chi connectivity index (χ3n) is 3.26. The maximum absolute atomic E-state index is 12.1. The van der Waals surface area contributed by atoms with E-state index in [1.807, 2.05) is 0 Å². The van der Waals surface area contributed by atoms with Crippen molar-refractivity contribution in [1.29, 1.82) is 0 Å². The molecule has 0 aromatic heterocycles. The fourth-order valence-corrected chi connectivity index (χ4v) is 2.13. The summed E-state index contributed by atoms with van der Waals surface area (Å²) in [4.78, 5) is 36.3. The van der Waals surface area contributed by atoms with Gasteiger partial charge in [-0.15, -0.1) is 0 Å². The van der Waals surface area contributed by atoms with Crippen molar-refractivity contribution in [3.63, 3.8) is 0 Å². The molecule has 23 heavy (non-hydrogen) atoms. The number of anilines is 1. The minimum atomic E-state index is -1.06. The number of rotatable bonds is 4. The van der Waals surface area contributed by atoms with E-state index in [2.05, 4.69) is 4.74 Å². The topological polar surface area (TPSA) is 102 Å². The van der Waals surface area contributed by atoms with E-state index in [1.54, 1.807) is 0 Å². The molecule has 1 heterocycles. The third-order valence-corrected chi connectivity index (χ3v) is 3.26. The summed E-state index contributed by atoms with van der Waals surface area (Å²) in [6.45, 7) is -0.0713. The number of esters is 2. The number of hydrogen-bond acceptors (Lipinski definition) is 7. The van der Waals surface area contributed by atoms with Crippen LogP contribution >= 0.6 is 0 Å². The number of carbonyl (C=O) groups excluding carboxylic acids is 2. The van der Waals surface area contributed by atoms with Crippen molar-refractivity contribution in [2.24, 2.45) is 0 Å². The van der Waals surface area contributed by atoms with Gasteiger partial charge in [0.25, 0.3) is 0 Å². The van der Waals surface area contributed by atoms with Crippen LogP contribution in [-0.2, 0) is 23.8 Å². The van der Waals surface area contributed by atoms with Gasteiger partial charge >= 0.3 is 17.9 Å². The van der Waals surface area contributed by atoms with Gasteiger partial charge in [0, 0.05) is 5.69 Å². The van der Waals surface area contributed by atoms with E-state index >= 15 is 0 Å². The Morgan fingerprint density at radius 3 is 2.22 bits per heavy atom. The number of hydrogen-bond donors (Lipinski definition) is 1. The Balaban J connectivity index is 2.48. The Morgan fingerprint density at radius 1 is 1.09 bits per heavy atom. The van der Waals surface area contributed by atoms with Gasteiger partial charge in [-0.1, -0.05) is 0 Å². The van der Waals surface area contributed by atoms with Gasteiger partial charge < -0.3 is 24.2 Å². The summed E-state index contributed by atoms with van der Waals surface area (Å²) >= 11 is 0. The van der Waals surface area contributed by atoms with Crippen molar-refractivity contribution in [3.8, 4) is 0 Å². The Labute approximate surface area is 131 Å². The average molecular weight is 321 g/mol. The predicted octanol–water partition coefficient (Wildman–Crippen LogP) is 0.779. The van der Waals surface area contributed by atoms with Crippen LogP contribution in [0.2, 0.25) is 0 Å². The number of carboxylic acid groups (broad SMARTS) is 1. The van der Waals surface area contributed by atoms with Crippen molar-refractivity contribution in [1.82, 2.24) is 0 Å². The first-order valence-electron chi connectivity index (χ1n) is 6.58. The zero-order valence-electron chi connectivity index (χ0n) is 12.6. The normalized spacial score (nSPS) is 14.4. The number of nitrogens with zero attached hydrogens (tertiary/aromatic N) is 1. The van der Waals surface area contributed by atoms with Crippen LogP contribution in [0.5, 0.6) is 0 Å². The molecule has 0 saturated heterocycles. The van der Waals surface area contributed by atoms with Gasteiger partial charge in [0.05, 0.1) is 32.0 Å². The van der Waals surface area contributed by atoms with Gasteiger partial charge in [0.2, 0.25) is 0 Å². The van der Waals surface area contributed by atoms with Crippen LogP contribution in [0.4, 0.5) is 5.69 Å². The van der Waals surface area contributed by atoms with E-state index in [9.17, 15) is 14.4 Å². The van der Waals surface area contributed by atoms with Crippen LogP contribution < -0.4 is 4.90 Å². The van der Waals surface area contributed by atoms with E-state index in [-0.39, 0.29) is 30.2 Å². The summed E-state index contributed by atoms with van der Waals surface area (Å²) in [5, 5.41) is 8.93. The van der Waals surface area contributed by atoms with Crippen LogP contribution in [0.25, 0.3) is 0 Å². The molecule has 0 spiro atoms. The minimum Gasteiger partial charge on any atom is -0.478 e. The quantitative estimate of drug-likeness (QED) is 0.812. The van der Waals surface area contributed by atoms with E-state index in [0.29, 0.717) is 5.69 Å². The molecule has 0 unspecified atom stereocenters. The molecule has 1 aliphatic rings. The third kappa shape index (κ3) is 3.32. The molecule has 1 N–H and O–H groups in total. The molecule has 1 aliphatic heterocycles. The van der Waals surface area contributed by atoms with Gasteiger partial charge in [-0.25, -0.2) is 14.4 Å². The van der Waals surface area contributed by atoms with E-state index < -0.39 is 17.9 Å². The molecule has 0 atom stereocenters. The molecular weight excluding hydrogens is 306 g/mol. The smallest absolute Gasteiger partial charge is 0.355 e. The SMILES string of the molecule is COC(=O)C1=C(C(=O)OC)N(c2ccc(C(=O)O)cc2)COC1. The van der Waals surface area contributed by atoms with Crippen molar-refractivity contribution >= 4 is 23.6 Å². The molecule has 0 bridgehead atoms. The Morgan fingerprint density at radius 2 is 1.70 bits per heavy atom. The summed E-state index contributed by atoms with van der Waals surface area (Å²) in [6, 6.07) is 5.80. The first kappa shape index (κ1) is 16.5. The summed E-state index contributed by atoms with van der Waals surface area (Å²) in [6.07, 6.45) is 0. The van der Waals surface area contributed by atoms with Gasteiger partial charge in [0.15, 0.2) is 0 Å².